The van der Waals surface area contributed by atoms with Crippen molar-refractivity contribution in [2.24, 2.45) is 0 Å². The molecule has 240 valence electrons. The van der Waals surface area contributed by atoms with E-state index in [1.54, 1.807) is 25.7 Å². The first-order chi connectivity index (χ1) is 24.5. The second-order valence-electron chi connectivity index (χ2n) is 14.7. The van der Waals surface area contributed by atoms with Crippen LogP contribution >= 0.6 is 0 Å². The Morgan fingerprint density at radius 1 is 0.660 bits per heavy atom. The maximum absolute atomic E-state index is 6.52. The normalized spacial score (nSPS) is 16.9. The fourth-order valence-electron chi connectivity index (χ4n) is 9.31. The van der Waals surface area contributed by atoms with E-state index in [1.807, 2.05) is 0 Å². The Morgan fingerprint density at radius 2 is 1.44 bits per heavy atom. The molecule has 4 aliphatic rings. The minimum absolute atomic E-state index is 0.0638. The van der Waals surface area contributed by atoms with Crippen LogP contribution in [0.5, 0.6) is 0 Å². The van der Waals surface area contributed by atoms with Gasteiger partial charge in [-0.1, -0.05) is 0 Å². The van der Waals surface area contributed by atoms with Crippen molar-refractivity contribution in [1.29, 1.82) is 0 Å². The number of furan rings is 1. The number of allylic oxidation sites excluding steroid dienone is 2. The third kappa shape index (κ3) is 4.16. The summed E-state index contributed by atoms with van der Waals surface area (Å²) in [4.78, 5) is 2.64. The van der Waals surface area contributed by atoms with E-state index in [1.165, 1.54) is 77.9 Å². The summed E-state index contributed by atoms with van der Waals surface area (Å²) < 4.78 is 12.7. The fourth-order valence-corrected chi connectivity index (χ4v) is 14.6. The van der Waals surface area contributed by atoms with Crippen molar-refractivity contribution < 1.29 is 4.42 Å². The second kappa shape index (κ2) is 10.9. The molecule has 11 rings (SSSR count). The van der Waals surface area contributed by atoms with Crippen molar-refractivity contribution in [3.05, 3.63) is 138 Å². The third-order valence-electron chi connectivity index (χ3n) is 11.6. The minimum atomic E-state index is 0.0638. The number of fused-ring (bicyclic) bond motifs is 8. The van der Waals surface area contributed by atoms with Crippen LogP contribution in [0.3, 0.4) is 0 Å². The molecule has 0 amide bonds. The van der Waals surface area contributed by atoms with Gasteiger partial charge in [0.2, 0.25) is 0 Å². The van der Waals surface area contributed by atoms with Gasteiger partial charge in [0, 0.05) is 0 Å². The Labute approximate surface area is 306 Å². The molecule has 0 fully saturated rings. The zero-order valence-corrected chi connectivity index (χ0v) is 31.6. The van der Waals surface area contributed by atoms with Crippen LogP contribution in [0.2, 0.25) is 0 Å². The molecular weight excluding hydrogens is 739 g/mol. The van der Waals surface area contributed by atoms with E-state index < -0.39 is 0 Å². The quantitative estimate of drug-likeness (QED) is 0.202. The van der Waals surface area contributed by atoms with Crippen molar-refractivity contribution in [2.45, 2.75) is 44.9 Å². The van der Waals surface area contributed by atoms with Crippen LogP contribution in [-0.2, 0) is 5.41 Å². The standard InChI is InChI=1S/C45H34BNOSe2/c1-45(2)32-14-4-6-16-36(32)47(37-17-7-5-15-33(37)45)28-22-23-34-42(26-28)50-41-20-10-19-40-43(41)46(34)35-25-27(21-24-39(35)49-40)29-12-9-13-31-30-11-3-8-18-38(30)48-44(29)31/h3-4,6,8-14,16,18-26H,5,7,15,17H2,1-2H3. The predicted molar refractivity (Wildman–Crippen MR) is 214 cm³/mol. The van der Waals surface area contributed by atoms with E-state index in [0.29, 0.717) is 0 Å². The molecule has 4 heterocycles. The molecule has 0 radical (unpaired) electrons. The van der Waals surface area contributed by atoms with Gasteiger partial charge < -0.3 is 0 Å². The van der Waals surface area contributed by atoms with E-state index in [2.05, 4.69) is 140 Å². The number of anilines is 2. The zero-order valence-electron chi connectivity index (χ0n) is 28.1. The second-order valence-corrected chi connectivity index (χ2v) is 19.2. The SMILES string of the molecule is CC1(C)C2=C(CCCC2)N(c2ccc3c(c2)[Se]c2cccc4c2B3c2cc(-c3cccc5c3oc3ccccc35)ccc2[Se]4)c2ccccc21. The van der Waals surface area contributed by atoms with E-state index in [0.717, 1.165) is 17.6 Å². The molecule has 6 aromatic carbocycles. The van der Waals surface area contributed by atoms with E-state index in [-0.39, 0.29) is 42.0 Å². The van der Waals surface area contributed by atoms with Gasteiger partial charge in [-0.15, -0.1) is 0 Å². The van der Waals surface area contributed by atoms with Gasteiger partial charge in [-0.05, 0) is 0 Å². The van der Waals surface area contributed by atoms with E-state index in [4.69, 9.17) is 4.42 Å². The Bertz CT molecular complexity index is 2610. The molecule has 0 bridgehead atoms. The molecule has 0 spiro atoms. The zero-order chi connectivity index (χ0) is 33.1. The van der Waals surface area contributed by atoms with Gasteiger partial charge in [0.15, 0.2) is 0 Å². The topological polar surface area (TPSA) is 16.4 Å². The molecular formula is C45H34BNOSe2. The molecule has 0 N–H and O–H groups in total. The first-order valence-corrected chi connectivity index (χ1v) is 21.3. The Morgan fingerprint density at radius 3 is 2.36 bits per heavy atom. The first kappa shape index (κ1) is 29.5. The maximum atomic E-state index is 6.52. The van der Waals surface area contributed by atoms with Crippen LogP contribution in [-0.4, -0.2) is 36.6 Å². The fraction of sp³-hybridized carbons (Fsp3) is 0.156. The summed E-state index contributed by atoms with van der Waals surface area (Å²) >= 11 is 0.527. The summed E-state index contributed by atoms with van der Waals surface area (Å²) in [5.74, 6) is 0. The van der Waals surface area contributed by atoms with Crippen molar-refractivity contribution in [3.63, 3.8) is 0 Å². The molecule has 7 aromatic rings. The monoisotopic (exact) mass is 775 g/mol. The van der Waals surface area contributed by atoms with Crippen LogP contribution in [0.1, 0.15) is 45.1 Å². The van der Waals surface area contributed by atoms with Gasteiger partial charge in [0.25, 0.3) is 0 Å². The molecule has 1 aromatic heterocycles. The summed E-state index contributed by atoms with van der Waals surface area (Å²) in [6, 6.07) is 46.1. The molecule has 5 heteroatoms. The molecule has 50 heavy (non-hydrogen) atoms. The van der Waals surface area contributed by atoms with Gasteiger partial charge in [0.05, 0.1) is 0 Å². The number of rotatable bonds is 2. The molecule has 0 saturated carbocycles. The van der Waals surface area contributed by atoms with E-state index >= 15 is 0 Å². The molecule has 0 unspecified atom stereocenters. The Balaban J connectivity index is 1.08. The summed E-state index contributed by atoms with van der Waals surface area (Å²) in [5, 5.41) is 2.37. The van der Waals surface area contributed by atoms with Crippen LogP contribution < -0.4 is 39.1 Å². The third-order valence-corrected chi connectivity index (χ3v) is 16.5. The number of para-hydroxylation sites is 3. The average Bonchev–Trinajstić information content (AvgIpc) is 3.54. The predicted octanol–water partition coefficient (Wildman–Crippen LogP) is 5.96. The summed E-state index contributed by atoms with van der Waals surface area (Å²) in [6.07, 6.45) is 4.91. The van der Waals surface area contributed by atoms with Gasteiger partial charge >= 0.3 is 308 Å². The molecule has 2 nitrogen and oxygen atoms in total. The van der Waals surface area contributed by atoms with Crippen LogP contribution in [0.15, 0.2) is 137 Å². The summed E-state index contributed by atoms with van der Waals surface area (Å²) in [5.41, 5.74) is 16.3. The summed E-state index contributed by atoms with van der Waals surface area (Å²) in [7, 11) is 0. The van der Waals surface area contributed by atoms with Crippen LogP contribution in [0, 0.1) is 0 Å². The molecule has 0 saturated heterocycles. The van der Waals surface area contributed by atoms with Gasteiger partial charge in [-0.25, -0.2) is 0 Å². The van der Waals surface area contributed by atoms with Crippen molar-refractivity contribution in [2.75, 3.05) is 4.90 Å². The van der Waals surface area contributed by atoms with Crippen LogP contribution in [0.4, 0.5) is 11.4 Å². The number of nitrogens with zero attached hydrogens (tertiary/aromatic N) is 1. The van der Waals surface area contributed by atoms with E-state index in [9.17, 15) is 0 Å². The van der Waals surface area contributed by atoms with Gasteiger partial charge in [0.1, 0.15) is 0 Å². The van der Waals surface area contributed by atoms with Crippen LogP contribution in [0.25, 0.3) is 33.1 Å². The number of benzene rings is 6. The van der Waals surface area contributed by atoms with Gasteiger partial charge in [-0.2, -0.15) is 0 Å². The number of hydrogen-bond acceptors (Lipinski definition) is 2. The summed E-state index contributed by atoms with van der Waals surface area (Å²) in [6.45, 7) is 5.14. The van der Waals surface area contributed by atoms with Gasteiger partial charge in [-0.3, -0.25) is 0 Å². The molecule has 3 aliphatic heterocycles. The van der Waals surface area contributed by atoms with Crippen molar-refractivity contribution >= 4 is 104 Å². The number of hydrogen-bond donors (Lipinski definition) is 0. The Kier molecular flexibility index (Phi) is 6.42. The Hall–Kier alpha value is -4.24. The molecule has 1 aliphatic carbocycles. The molecule has 0 atom stereocenters. The first-order valence-electron chi connectivity index (χ1n) is 17.8. The van der Waals surface area contributed by atoms with Crippen molar-refractivity contribution in [1.82, 2.24) is 0 Å². The van der Waals surface area contributed by atoms with Crippen molar-refractivity contribution in [3.8, 4) is 11.1 Å². The average molecular weight is 774 g/mol.